The molecule has 0 aliphatic carbocycles. The van der Waals surface area contributed by atoms with Crippen molar-refractivity contribution in [1.29, 1.82) is 0 Å². The second kappa shape index (κ2) is 6.85. The van der Waals surface area contributed by atoms with Gasteiger partial charge in [-0.05, 0) is 30.2 Å². The molecule has 7 heteroatoms. The first-order valence-corrected chi connectivity index (χ1v) is 7.26. The molecule has 0 unspecified atom stereocenters. The smallest absolute Gasteiger partial charge is 0.322 e. The molecule has 2 aromatic rings. The molecule has 0 amide bonds. The van der Waals surface area contributed by atoms with E-state index in [4.69, 9.17) is 16.3 Å². The van der Waals surface area contributed by atoms with Gasteiger partial charge < -0.3 is 9.64 Å². The third kappa shape index (κ3) is 3.80. The van der Waals surface area contributed by atoms with E-state index in [0.717, 1.165) is 10.0 Å². The summed E-state index contributed by atoms with van der Waals surface area (Å²) >= 11 is 9.41. The minimum atomic E-state index is 0.123. The Balaban J connectivity index is 2.20. The number of halogens is 2. The minimum Gasteiger partial charge on any atom is -0.464 e. The van der Waals surface area contributed by atoms with Crippen molar-refractivity contribution in [3.63, 3.8) is 0 Å². The van der Waals surface area contributed by atoms with Crippen LogP contribution in [0.4, 0.5) is 5.95 Å². The van der Waals surface area contributed by atoms with Crippen LogP contribution < -0.4 is 9.64 Å². The molecule has 0 spiro atoms. The number of ether oxygens (including phenoxy) is 1. The van der Waals surface area contributed by atoms with Gasteiger partial charge in [0.25, 0.3) is 0 Å². The second-order valence-corrected chi connectivity index (χ2v) is 5.26. The molecule has 0 bridgehead atoms. The Morgan fingerprint density at radius 3 is 2.70 bits per heavy atom. The highest BCUT2D eigenvalue weighted by Crippen LogP contribution is 2.20. The van der Waals surface area contributed by atoms with Gasteiger partial charge in [0, 0.05) is 18.1 Å². The average Bonchev–Trinajstić information content (AvgIpc) is 2.41. The largest absolute Gasteiger partial charge is 0.464 e. The first-order chi connectivity index (χ1) is 9.60. The molecule has 0 saturated heterocycles. The van der Waals surface area contributed by atoms with Gasteiger partial charge in [-0.2, -0.15) is 15.0 Å². The summed E-state index contributed by atoms with van der Waals surface area (Å²) < 4.78 is 6.31. The lowest BCUT2D eigenvalue weighted by molar-refractivity contribution is 0.311. The van der Waals surface area contributed by atoms with Crippen molar-refractivity contribution in [1.82, 2.24) is 15.0 Å². The lowest BCUT2D eigenvalue weighted by Gasteiger charge is -2.18. The fourth-order valence-corrected chi connectivity index (χ4v) is 2.20. The molecule has 5 nitrogen and oxygen atoms in total. The fraction of sp³-hybridized carbons (Fsp3) is 0.308. The van der Waals surface area contributed by atoms with Crippen LogP contribution in [0, 0.1) is 0 Å². The van der Waals surface area contributed by atoms with E-state index >= 15 is 0 Å². The van der Waals surface area contributed by atoms with E-state index in [1.54, 1.807) is 0 Å². The number of anilines is 1. The summed E-state index contributed by atoms with van der Waals surface area (Å²) in [6.07, 6.45) is 0. The Hall–Kier alpha value is -1.40. The maximum absolute atomic E-state index is 5.89. The lowest BCUT2D eigenvalue weighted by Crippen LogP contribution is -2.20. The Morgan fingerprint density at radius 1 is 1.25 bits per heavy atom. The van der Waals surface area contributed by atoms with Crippen molar-refractivity contribution in [2.75, 3.05) is 18.6 Å². The molecule has 0 radical (unpaired) electrons. The Bertz CT molecular complexity index is 596. The van der Waals surface area contributed by atoms with Gasteiger partial charge in [0.15, 0.2) is 0 Å². The monoisotopic (exact) mass is 356 g/mol. The molecule has 0 aliphatic heterocycles. The van der Waals surface area contributed by atoms with Crippen LogP contribution in [0.15, 0.2) is 28.7 Å². The molecule has 0 saturated carbocycles. The number of hydrogen-bond acceptors (Lipinski definition) is 5. The first kappa shape index (κ1) is 15.0. The van der Waals surface area contributed by atoms with Gasteiger partial charge in [-0.1, -0.05) is 34.1 Å². The molecular weight excluding hydrogens is 344 g/mol. The van der Waals surface area contributed by atoms with Gasteiger partial charge in [-0.3, -0.25) is 0 Å². The molecule has 106 valence electrons. The molecule has 20 heavy (non-hydrogen) atoms. The minimum absolute atomic E-state index is 0.123. The first-order valence-electron chi connectivity index (χ1n) is 6.09. The van der Waals surface area contributed by atoms with Gasteiger partial charge in [0.05, 0.1) is 6.61 Å². The van der Waals surface area contributed by atoms with Crippen molar-refractivity contribution in [3.8, 4) is 6.01 Å². The molecule has 1 aromatic carbocycles. The van der Waals surface area contributed by atoms with Crippen molar-refractivity contribution >= 4 is 33.5 Å². The van der Waals surface area contributed by atoms with E-state index in [1.165, 1.54) is 0 Å². The van der Waals surface area contributed by atoms with Gasteiger partial charge in [-0.15, -0.1) is 0 Å². The van der Waals surface area contributed by atoms with Gasteiger partial charge in [0.1, 0.15) is 0 Å². The molecule has 0 atom stereocenters. The quantitative estimate of drug-likeness (QED) is 0.821. The zero-order valence-electron chi connectivity index (χ0n) is 11.2. The number of rotatable bonds is 5. The Morgan fingerprint density at radius 2 is 2.00 bits per heavy atom. The number of aromatic nitrogens is 3. The van der Waals surface area contributed by atoms with E-state index < -0.39 is 0 Å². The maximum atomic E-state index is 5.89. The predicted molar refractivity (Wildman–Crippen MR) is 82.3 cm³/mol. The van der Waals surface area contributed by atoms with Gasteiger partial charge in [-0.25, -0.2) is 0 Å². The van der Waals surface area contributed by atoms with Crippen molar-refractivity contribution in [3.05, 3.63) is 39.6 Å². The van der Waals surface area contributed by atoms with Crippen LogP contribution in [-0.2, 0) is 6.54 Å². The van der Waals surface area contributed by atoms with Gasteiger partial charge in [0.2, 0.25) is 11.2 Å². The topological polar surface area (TPSA) is 51.1 Å². The highest BCUT2D eigenvalue weighted by molar-refractivity contribution is 9.10. The van der Waals surface area contributed by atoms with Crippen LogP contribution in [0.2, 0.25) is 5.28 Å². The maximum Gasteiger partial charge on any atom is 0.322 e. The standard InChI is InChI=1S/C13H14BrClN4O/c1-3-20-13-17-11(15)16-12(18-13)19(2)8-9-6-4-5-7-10(9)14/h4-7H,3,8H2,1-2H3. The van der Waals surface area contributed by atoms with Gasteiger partial charge >= 0.3 is 6.01 Å². The molecule has 1 heterocycles. The zero-order chi connectivity index (χ0) is 14.5. The SMILES string of the molecule is CCOc1nc(Cl)nc(N(C)Cc2ccccc2Br)n1. The molecule has 1 aromatic heterocycles. The average molecular weight is 358 g/mol. The normalized spacial score (nSPS) is 10.4. The second-order valence-electron chi connectivity index (χ2n) is 4.07. The van der Waals surface area contributed by atoms with E-state index in [2.05, 4.69) is 30.9 Å². The van der Waals surface area contributed by atoms with Crippen molar-refractivity contribution in [2.24, 2.45) is 0 Å². The summed E-state index contributed by atoms with van der Waals surface area (Å²) in [6.45, 7) is 2.99. The van der Waals surface area contributed by atoms with Crippen molar-refractivity contribution in [2.45, 2.75) is 13.5 Å². The van der Waals surface area contributed by atoms with E-state index in [-0.39, 0.29) is 11.3 Å². The van der Waals surface area contributed by atoms with E-state index in [0.29, 0.717) is 19.1 Å². The predicted octanol–water partition coefficient (Wildman–Crippen LogP) is 3.32. The summed E-state index contributed by atoms with van der Waals surface area (Å²) in [5, 5.41) is 0.123. The Kier molecular flexibility index (Phi) is 5.14. The highest BCUT2D eigenvalue weighted by atomic mass is 79.9. The summed E-state index contributed by atoms with van der Waals surface area (Å²) in [5.74, 6) is 0.476. The fourth-order valence-electron chi connectivity index (χ4n) is 1.64. The third-order valence-electron chi connectivity index (χ3n) is 2.56. The van der Waals surface area contributed by atoms with Crippen LogP contribution in [0.5, 0.6) is 6.01 Å². The van der Waals surface area contributed by atoms with Crippen LogP contribution >= 0.6 is 27.5 Å². The molecule has 0 aliphatic rings. The molecule has 0 N–H and O–H groups in total. The van der Waals surface area contributed by atoms with Crippen LogP contribution in [0.1, 0.15) is 12.5 Å². The van der Waals surface area contributed by atoms with Crippen LogP contribution in [0.25, 0.3) is 0 Å². The third-order valence-corrected chi connectivity index (χ3v) is 3.50. The molecule has 2 rings (SSSR count). The van der Waals surface area contributed by atoms with E-state index in [1.807, 2.05) is 43.1 Å². The molecular formula is C13H14BrClN4O. The summed E-state index contributed by atoms with van der Waals surface area (Å²) in [5.41, 5.74) is 1.13. The number of hydrogen-bond donors (Lipinski definition) is 0. The summed E-state index contributed by atoms with van der Waals surface area (Å²) in [6, 6.07) is 8.23. The molecule has 0 fully saturated rings. The highest BCUT2D eigenvalue weighted by Gasteiger charge is 2.11. The zero-order valence-corrected chi connectivity index (χ0v) is 13.5. The van der Waals surface area contributed by atoms with Crippen LogP contribution in [0.3, 0.4) is 0 Å². The summed E-state index contributed by atoms with van der Waals surface area (Å²) in [4.78, 5) is 14.1. The number of nitrogens with zero attached hydrogens (tertiary/aromatic N) is 4. The van der Waals surface area contributed by atoms with Crippen molar-refractivity contribution < 1.29 is 4.74 Å². The lowest BCUT2D eigenvalue weighted by atomic mass is 10.2. The summed E-state index contributed by atoms with van der Waals surface area (Å²) in [7, 11) is 1.89. The van der Waals surface area contributed by atoms with Crippen LogP contribution in [-0.4, -0.2) is 28.6 Å². The van der Waals surface area contributed by atoms with E-state index in [9.17, 15) is 0 Å². The Labute approximate surface area is 131 Å². The number of benzene rings is 1.